The van der Waals surface area contributed by atoms with E-state index in [2.05, 4.69) is 55.8 Å². The van der Waals surface area contributed by atoms with Crippen molar-refractivity contribution in [2.24, 2.45) is 0 Å². The predicted octanol–water partition coefficient (Wildman–Crippen LogP) is 4.43. The van der Waals surface area contributed by atoms with Crippen molar-refractivity contribution in [3.63, 3.8) is 0 Å². The normalized spacial score (nSPS) is 13.1. The number of carboxylic acid groups (broad SMARTS) is 1. The summed E-state index contributed by atoms with van der Waals surface area (Å²) in [4.78, 5) is 15.5. The van der Waals surface area contributed by atoms with Gasteiger partial charge < -0.3 is 20.6 Å². The van der Waals surface area contributed by atoms with E-state index in [1.807, 2.05) is 16.8 Å². The van der Waals surface area contributed by atoms with Crippen LogP contribution in [0.5, 0.6) is 0 Å². The lowest BCUT2D eigenvalue weighted by molar-refractivity contribution is 0.189. The van der Waals surface area contributed by atoms with Gasteiger partial charge in [0.2, 0.25) is 0 Å². The molecule has 1 amide bonds. The van der Waals surface area contributed by atoms with Gasteiger partial charge >= 0.3 is 6.09 Å². The first-order valence-electron chi connectivity index (χ1n) is 9.98. The zero-order valence-corrected chi connectivity index (χ0v) is 19.5. The fraction of sp³-hybridized carbons (Fsp3) is 0.476. The van der Waals surface area contributed by atoms with Crippen molar-refractivity contribution in [1.29, 1.82) is 0 Å². The highest BCUT2D eigenvalue weighted by molar-refractivity contribution is 6.74. The molecule has 1 atom stereocenters. The average molecular weight is 432 g/mol. The number of aromatic nitrogens is 3. The molecule has 9 heteroatoms. The van der Waals surface area contributed by atoms with E-state index < -0.39 is 20.5 Å². The number of carbonyl (C=O) groups is 1. The molecule has 0 radical (unpaired) electrons. The van der Waals surface area contributed by atoms with Crippen molar-refractivity contribution in [2.75, 3.05) is 12.3 Å². The standard InChI is InChI=1S/C21H33N5O3Si/c1-7-8-17(25-20(27)28)18-13-15(9-10-23-18)19-16(22)14-24-26(19)11-12-29-30(5,6)21(2,3)4/h7,9-10,13-14,17,25H,1,8,11-12,22H2,2-6H3,(H,27,28). The van der Waals surface area contributed by atoms with E-state index in [4.69, 9.17) is 15.3 Å². The lowest BCUT2D eigenvalue weighted by Gasteiger charge is -2.36. The van der Waals surface area contributed by atoms with Crippen LogP contribution in [0.25, 0.3) is 11.3 Å². The molecule has 0 saturated heterocycles. The van der Waals surface area contributed by atoms with E-state index in [0.29, 0.717) is 31.0 Å². The quantitative estimate of drug-likeness (QED) is 0.399. The second-order valence-electron chi connectivity index (χ2n) is 8.78. The maximum absolute atomic E-state index is 11.1. The third-order valence-electron chi connectivity index (χ3n) is 5.55. The summed E-state index contributed by atoms with van der Waals surface area (Å²) >= 11 is 0. The summed E-state index contributed by atoms with van der Waals surface area (Å²) in [5.41, 5.74) is 8.94. The number of pyridine rings is 1. The fourth-order valence-electron chi connectivity index (χ4n) is 2.84. The minimum Gasteiger partial charge on any atom is -0.465 e. The summed E-state index contributed by atoms with van der Waals surface area (Å²) in [6, 6.07) is 3.19. The SMILES string of the molecule is C=CCC(NC(=O)O)c1cc(-c2c(N)cnn2CCO[Si](C)(C)C(C)(C)C)ccn1. The molecule has 2 rings (SSSR count). The molecule has 0 spiro atoms. The molecule has 1 unspecified atom stereocenters. The van der Waals surface area contributed by atoms with E-state index >= 15 is 0 Å². The molecular weight excluding hydrogens is 398 g/mol. The van der Waals surface area contributed by atoms with Crippen molar-refractivity contribution in [2.45, 2.75) is 57.9 Å². The lowest BCUT2D eigenvalue weighted by Crippen LogP contribution is -2.41. The monoisotopic (exact) mass is 431 g/mol. The maximum atomic E-state index is 11.1. The van der Waals surface area contributed by atoms with Gasteiger partial charge in [0.25, 0.3) is 0 Å². The molecule has 8 nitrogen and oxygen atoms in total. The highest BCUT2D eigenvalue weighted by Gasteiger charge is 2.37. The van der Waals surface area contributed by atoms with Gasteiger partial charge in [-0.05, 0) is 36.7 Å². The number of hydrogen-bond donors (Lipinski definition) is 3. The molecule has 2 aromatic rings. The molecular formula is C21H33N5O3Si. The molecule has 2 heterocycles. The smallest absolute Gasteiger partial charge is 0.405 e. The summed E-state index contributed by atoms with van der Waals surface area (Å²) in [6.07, 6.45) is 4.25. The van der Waals surface area contributed by atoms with Crippen LogP contribution < -0.4 is 11.1 Å². The fourth-order valence-corrected chi connectivity index (χ4v) is 3.88. The third kappa shape index (κ3) is 5.70. The van der Waals surface area contributed by atoms with Gasteiger partial charge in [-0.1, -0.05) is 26.8 Å². The Labute approximate surface area is 179 Å². The molecule has 0 bridgehead atoms. The van der Waals surface area contributed by atoms with Crippen molar-refractivity contribution < 1.29 is 14.3 Å². The van der Waals surface area contributed by atoms with Gasteiger partial charge in [-0.25, -0.2) is 4.79 Å². The van der Waals surface area contributed by atoms with Crippen molar-refractivity contribution in [3.8, 4) is 11.3 Å². The third-order valence-corrected chi connectivity index (χ3v) is 10.1. The first-order chi connectivity index (χ1) is 14.0. The Morgan fingerprint density at radius 1 is 1.47 bits per heavy atom. The van der Waals surface area contributed by atoms with Crippen LogP contribution in [0.1, 0.15) is 38.9 Å². The molecule has 0 aliphatic carbocycles. The van der Waals surface area contributed by atoms with Gasteiger partial charge in [-0.2, -0.15) is 5.10 Å². The second-order valence-corrected chi connectivity index (χ2v) is 13.6. The van der Waals surface area contributed by atoms with Crippen LogP contribution in [0.2, 0.25) is 18.1 Å². The lowest BCUT2D eigenvalue weighted by atomic mass is 10.1. The van der Waals surface area contributed by atoms with Gasteiger partial charge in [0.05, 0.1) is 42.5 Å². The summed E-state index contributed by atoms with van der Waals surface area (Å²) < 4.78 is 8.10. The maximum Gasteiger partial charge on any atom is 0.405 e. The molecule has 0 saturated carbocycles. The number of nitrogens with two attached hydrogens (primary N) is 1. The van der Waals surface area contributed by atoms with Gasteiger partial charge in [-0.15, -0.1) is 6.58 Å². The van der Waals surface area contributed by atoms with E-state index in [0.717, 1.165) is 11.3 Å². The zero-order chi connectivity index (χ0) is 22.5. The number of nitrogens with zero attached hydrogens (tertiary/aromatic N) is 3. The van der Waals surface area contributed by atoms with E-state index in [1.165, 1.54) is 0 Å². The van der Waals surface area contributed by atoms with Crippen LogP contribution in [0, 0.1) is 0 Å². The Bertz CT molecular complexity index is 889. The Morgan fingerprint density at radius 3 is 2.77 bits per heavy atom. The van der Waals surface area contributed by atoms with E-state index in [9.17, 15) is 4.79 Å². The van der Waals surface area contributed by atoms with Crippen LogP contribution in [0.3, 0.4) is 0 Å². The van der Waals surface area contributed by atoms with Crippen molar-refractivity contribution in [1.82, 2.24) is 20.1 Å². The molecule has 0 aromatic carbocycles. The van der Waals surface area contributed by atoms with Crippen molar-refractivity contribution >= 4 is 20.1 Å². The first-order valence-corrected chi connectivity index (χ1v) is 12.9. The summed E-state index contributed by atoms with van der Waals surface area (Å²) in [6.45, 7) is 15.9. The summed E-state index contributed by atoms with van der Waals surface area (Å²) in [5, 5.41) is 16.1. The second kappa shape index (κ2) is 9.44. The largest absolute Gasteiger partial charge is 0.465 e. The summed E-state index contributed by atoms with van der Waals surface area (Å²) in [5.74, 6) is 0. The minimum absolute atomic E-state index is 0.135. The van der Waals surface area contributed by atoms with Crippen molar-refractivity contribution in [3.05, 3.63) is 42.9 Å². The Kier molecular flexibility index (Phi) is 7.43. The molecule has 0 aliphatic rings. The average Bonchev–Trinajstić information content (AvgIpc) is 3.00. The van der Waals surface area contributed by atoms with Gasteiger partial charge in [0.1, 0.15) is 0 Å². The van der Waals surface area contributed by atoms with E-state index in [-0.39, 0.29) is 5.04 Å². The van der Waals surface area contributed by atoms with Gasteiger partial charge in [-0.3, -0.25) is 9.67 Å². The Morgan fingerprint density at radius 2 is 2.17 bits per heavy atom. The van der Waals surface area contributed by atoms with Crippen LogP contribution in [0.15, 0.2) is 37.2 Å². The summed E-state index contributed by atoms with van der Waals surface area (Å²) in [7, 11) is -1.85. The predicted molar refractivity (Wildman–Crippen MR) is 122 cm³/mol. The Balaban J connectivity index is 2.26. The molecule has 30 heavy (non-hydrogen) atoms. The topological polar surface area (TPSA) is 115 Å². The van der Waals surface area contributed by atoms with E-state index in [1.54, 1.807) is 18.5 Å². The van der Waals surface area contributed by atoms with Gasteiger partial charge in [0, 0.05) is 11.8 Å². The van der Waals surface area contributed by atoms with Crippen LogP contribution >= 0.6 is 0 Å². The minimum atomic E-state index is -1.85. The first kappa shape index (κ1) is 23.6. The van der Waals surface area contributed by atoms with Gasteiger partial charge in [0.15, 0.2) is 8.32 Å². The highest BCUT2D eigenvalue weighted by Crippen LogP contribution is 2.36. The number of hydrogen-bond acceptors (Lipinski definition) is 5. The number of rotatable bonds is 9. The number of nitrogen functional groups attached to an aromatic ring is 1. The molecule has 164 valence electrons. The highest BCUT2D eigenvalue weighted by atomic mass is 28.4. The number of nitrogens with one attached hydrogen (secondary N) is 1. The molecule has 4 N–H and O–H groups in total. The Hall–Kier alpha value is -2.65. The molecule has 2 aromatic heterocycles. The molecule has 0 fully saturated rings. The van der Waals surface area contributed by atoms with Crippen LogP contribution in [-0.2, 0) is 11.0 Å². The molecule has 0 aliphatic heterocycles. The number of amides is 1. The van der Waals surface area contributed by atoms with Crippen LogP contribution in [-0.4, -0.2) is 40.9 Å². The zero-order valence-electron chi connectivity index (χ0n) is 18.5. The number of anilines is 1. The van der Waals surface area contributed by atoms with Crippen LogP contribution in [0.4, 0.5) is 10.5 Å².